The van der Waals surface area contributed by atoms with Gasteiger partial charge in [-0.15, -0.1) is 0 Å². The average Bonchev–Trinajstić information content (AvgIpc) is 2.93. The minimum Gasteiger partial charge on any atom is -0.508 e. The molecule has 12 nitrogen and oxygen atoms in total. The fourth-order valence-electron chi connectivity index (χ4n) is 4.34. The summed E-state index contributed by atoms with van der Waals surface area (Å²) in [5.41, 5.74) is 12.9. The van der Waals surface area contributed by atoms with E-state index >= 15 is 0 Å². The number of carboxylic acid groups (broad SMARTS) is 1. The third-order valence-corrected chi connectivity index (χ3v) is 6.64. The number of nitrogens with two attached hydrogens (primary N) is 2. The highest BCUT2D eigenvalue weighted by atomic mass is 16.4. The molecule has 0 aliphatic rings. The van der Waals surface area contributed by atoms with E-state index in [0.717, 1.165) is 0 Å². The Kier molecular flexibility index (Phi) is 13.7. The minimum atomic E-state index is -1.29. The van der Waals surface area contributed by atoms with Crippen LogP contribution < -0.4 is 27.4 Å². The van der Waals surface area contributed by atoms with Gasteiger partial charge in [-0.3, -0.25) is 14.4 Å². The fourth-order valence-corrected chi connectivity index (χ4v) is 4.34. The molecule has 4 atom stereocenters. The Morgan fingerprint density at radius 2 is 1.17 bits per heavy atom. The summed E-state index contributed by atoms with van der Waals surface area (Å²) in [6, 6.07) is 7.74. The standard InChI is InChI=1S/C30H43N5O7/c1-18(2)15-23(32)27(38)34-25(16-19-6-10-21(36)11-7-19)29(40)33-24(5-3-4-14-31)28(39)35-26(30(41)42)17-20-8-12-22(37)13-9-20/h6-13,18,23-26,36-37H,3-5,14-17,31-32H2,1-2H3,(H,33,40)(H,34,38)(H,35,39)(H,41,42). The number of benzene rings is 2. The maximum atomic E-state index is 13.5. The van der Waals surface area contributed by atoms with Crippen LogP contribution in [0.4, 0.5) is 0 Å². The Labute approximate surface area is 245 Å². The van der Waals surface area contributed by atoms with E-state index < -0.39 is 47.9 Å². The molecule has 10 N–H and O–H groups in total. The van der Waals surface area contributed by atoms with Crippen molar-refractivity contribution in [2.45, 2.75) is 76.5 Å². The fraction of sp³-hybridized carbons (Fsp3) is 0.467. The normalized spacial score (nSPS) is 13.9. The predicted octanol–water partition coefficient (Wildman–Crippen LogP) is 0.924. The summed E-state index contributed by atoms with van der Waals surface area (Å²) in [7, 11) is 0. The molecule has 0 saturated heterocycles. The van der Waals surface area contributed by atoms with Gasteiger partial charge in [0.05, 0.1) is 6.04 Å². The van der Waals surface area contributed by atoms with Crippen molar-refractivity contribution in [3.63, 3.8) is 0 Å². The SMILES string of the molecule is CC(C)CC(N)C(=O)NC(Cc1ccc(O)cc1)C(=O)NC(CCCCN)C(=O)NC(Cc1ccc(O)cc1)C(=O)O. The van der Waals surface area contributed by atoms with E-state index in [1.807, 2.05) is 13.8 Å². The van der Waals surface area contributed by atoms with Crippen LogP contribution in [0.15, 0.2) is 48.5 Å². The van der Waals surface area contributed by atoms with Gasteiger partial charge in [0, 0.05) is 12.8 Å². The molecule has 0 aromatic heterocycles. The molecule has 0 saturated carbocycles. The number of carbonyl (C=O) groups excluding carboxylic acids is 3. The zero-order valence-electron chi connectivity index (χ0n) is 24.1. The van der Waals surface area contributed by atoms with Crippen LogP contribution in [-0.2, 0) is 32.0 Å². The van der Waals surface area contributed by atoms with Gasteiger partial charge in [0.15, 0.2) is 0 Å². The third-order valence-electron chi connectivity index (χ3n) is 6.64. The zero-order valence-corrected chi connectivity index (χ0v) is 24.1. The van der Waals surface area contributed by atoms with Crippen molar-refractivity contribution in [1.82, 2.24) is 16.0 Å². The highest BCUT2D eigenvalue weighted by Crippen LogP contribution is 2.14. The molecule has 0 bridgehead atoms. The number of hydrogen-bond acceptors (Lipinski definition) is 8. The maximum Gasteiger partial charge on any atom is 0.326 e. The first-order valence-corrected chi connectivity index (χ1v) is 14.0. The Morgan fingerprint density at radius 3 is 1.64 bits per heavy atom. The number of aliphatic carboxylic acids is 1. The minimum absolute atomic E-state index is 0.0245. The smallest absolute Gasteiger partial charge is 0.326 e. The van der Waals surface area contributed by atoms with Gasteiger partial charge in [-0.25, -0.2) is 4.79 Å². The number of hydrogen-bond donors (Lipinski definition) is 8. The van der Waals surface area contributed by atoms with Gasteiger partial charge in [0.25, 0.3) is 0 Å². The van der Waals surface area contributed by atoms with Crippen molar-refractivity contribution in [3.8, 4) is 11.5 Å². The molecule has 0 spiro atoms. The summed E-state index contributed by atoms with van der Waals surface area (Å²) >= 11 is 0. The van der Waals surface area contributed by atoms with Gasteiger partial charge in [0.2, 0.25) is 17.7 Å². The van der Waals surface area contributed by atoms with Gasteiger partial charge in [-0.1, -0.05) is 38.1 Å². The number of carboxylic acids is 1. The van der Waals surface area contributed by atoms with Crippen molar-refractivity contribution in [2.24, 2.45) is 17.4 Å². The number of carbonyl (C=O) groups is 4. The van der Waals surface area contributed by atoms with Crippen LogP contribution in [0.1, 0.15) is 50.7 Å². The summed E-state index contributed by atoms with van der Waals surface area (Å²) < 4.78 is 0. The Hall–Kier alpha value is -4.16. The molecule has 3 amide bonds. The quantitative estimate of drug-likeness (QED) is 0.124. The first-order chi connectivity index (χ1) is 19.9. The molecule has 0 radical (unpaired) electrons. The lowest BCUT2D eigenvalue weighted by Gasteiger charge is -2.26. The summed E-state index contributed by atoms with van der Waals surface area (Å²) in [6.45, 7) is 4.21. The lowest BCUT2D eigenvalue weighted by Crippen LogP contribution is -2.57. The van der Waals surface area contributed by atoms with Crippen LogP contribution in [0.5, 0.6) is 11.5 Å². The van der Waals surface area contributed by atoms with E-state index in [0.29, 0.717) is 36.9 Å². The van der Waals surface area contributed by atoms with Gasteiger partial charge in [0.1, 0.15) is 29.6 Å². The molecule has 230 valence electrons. The van der Waals surface area contributed by atoms with E-state index in [9.17, 15) is 34.5 Å². The monoisotopic (exact) mass is 585 g/mol. The number of nitrogens with one attached hydrogen (secondary N) is 3. The van der Waals surface area contributed by atoms with Gasteiger partial charge < -0.3 is 42.7 Å². The Morgan fingerprint density at radius 1 is 0.714 bits per heavy atom. The van der Waals surface area contributed by atoms with Crippen LogP contribution in [0, 0.1) is 5.92 Å². The molecular formula is C30H43N5O7. The van der Waals surface area contributed by atoms with Crippen molar-refractivity contribution in [1.29, 1.82) is 0 Å². The van der Waals surface area contributed by atoms with E-state index in [-0.39, 0.29) is 36.7 Å². The number of aromatic hydroxyl groups is 2. The van der Waals surface area contributed by atoms with Crippen LogP contribution in [0.25, 0.3) is 0 Å². The molecule has 0 heterocycles. The molecule has 0 aliphatic carbocycles. The summed E-state index contributed by atoms with van der Waals surface area (Å²) in [6.07, 6.45) is 1.67. The number of phenolic OH excluding ortho intramolecular Hbond substituents is 2. The molecular weight excluding hydrogens is 542 g/mol. The lowest BCUT2D eigenvalue weighted by molar-refractivity contribution is -0.142. The first-order valence-electron chi connectivity index (χ1n) is 14.0. The van der Waals surface area contributed by atoms with Crippen molar-refractivity contribution < 1.29 is 34.5 Å². The summed E-state index contributed by atoms with van der Waals surface area (Å²) in [5, 5.41) is 36.8. The third kappa shape index (κ3) is 11.8. The average molecular weight is 586 g/mol. The second-order valence-corrected chi connectivity index (χ2v) is 10.8. The Balaban J connectivity index is 2.24. The summed E-state index contributed by atoms with van der Waals surface area (Å²) in [5.74, 6) is -2.92. The van der Waals surface area contributed by atoms with E-state index in [4.69, 9.17) is 11.5 Å². The topological polar surface area (TPSA) is 217 Å². The largest absolute Gasteiger partial charge is 0.508 e. The lowest BCUT2D eigenvalue weighted by atomic mass is 10.0. The number of rotatable bonds is 17. The number of unbranched alkanes of at least 4 members (excludes halogenated alkanes) is 1. The Bertz CT molecular complexity index is 1170. The zero-order chi connectivity index (χ0) is 31.2. The summed E-state index contributed by atoms with van der Waals surface area (Å²) in [4.78, 5) is 51.6. The maximum absolute atomic E-state index is 13.5. The number of amides is 3. The molecule has 2 aromatic rings. The first kappa shape index (κ1) is 34.0. The van der Waals surface area contributed by atoms with Crippen LogP contribution in [-0.4, -0.2) is 69.7 Å². The highest BCUT2D eigenvalue weighted by molar-refractivity contribution is 5.94. The van der Waals surface area contributed by atoms with Crippen molar-refractivity contribution in [2.75, 3.05) is 6.54 Å². The van der Waals surface area contributed by atoms with E-state index in [1.165, 1.54) is 24.3 Å². The molecule has 12 heteroatoms. The predicted molar refractivity (Wildman–Crippen MR) is 157 cm³/mol. The highest BCUT2D eigenvalue weighted by Gasteiger charge is 2.30. The van der Waals surface area contributed by atoms with Gasteiger partial charge in [-0.05, 0) is 73.5 Å². The van der Waals surface area contributed by atoms with Crippen LogP contribution in [0.3, 0.4) is 0 Å². The molecule has 42 heavy (non-hydrogen) atoms. The van der Waals surface area contributed by atoms with Crippen molar-refractivity contribution >= 4 is 23.7 Å². The van der Waals surface area contributed by atoms with Crippen molar-refractivity contribution in [3.05, 3.63) is 59.7 Å². The molecule has 2 aromatic carbocycles. The molecule has 0 fully saturated rings. The van der Waals surface area contributed by atoms with Gasteiger partial charge in [-0.2, -0.15) is 0 Å². The molecule has 2 rings (SSSR count). The van der Waals surface area contributed by atoms with E-state index in [2.05, 4.69) is 16.0 Å². The second-order valence-electron chi connectivity index (χ2n) is 10.8. The number of phenols is 2. The van der Waals surface area contributed by atoms with Crippen LogP contribution >= 0.6 is 0 Å². The molecule has 0 aliphatic heterocycles. The van der Waals surface area contributed by atoms with E-state index in [1.54, 1.807) is 24.3 Å². The van der Waals surface area contributed by atoms with Gasteiger partial charge >= 0.3 is 5.97 Å². The second kappa shape index (κ2) is 16.9. The van der Waals surface area contributed by atoms with Crippen LogP contribution in [0.2, 0.25) is 0 Å². The molecule has 4 unspecified atom stereocenters.